The van der Waals surface area contributed by atoms with Gasteiger partial charge in [-0.05, 0) is 48.4 Å². The summed E-state index contributed by atoms with van der Waals surface area (Å²) in [6.07, 6.45) is 4.07. The number of carbonyl (C=O) groups is 1. The summed E-state index contributed by atoms with van der Waals surface area (Å²) in [6, 6.07) is 13.0. The molecule has 3 aromatic rings. The summed E-state index contributed by atoms with van der Waals surface area (Å²) in [5.41, 5.74) is 5.00. The van der Waals surface area contributed by atoms with Gasteiger partial charge in [-0.15, -0.1) is 0 Å². The molecule has 0 bridgehead atoms. The van der Waals surface area contributed by atoms with E-state index in [2.05, 4.69) is 15.6 Å². The van der Waals surface area contributed by atoms with Crippen LogP contribution < -0.4 is 5.43 Å². The minimum atomic E-state index is -0.358. The van der Waals surface area contributed by atoms with Crippen molar-refractivity contribution >= 4 is 17.5 Å². The van der Waals surface area contributed by atoms with Crippen LogP contribution in [0.25, 0.3) is 11.4 Å². The maximum absolute atomic E-state index is 13.2. The van der Waals surface area contributed by atoms with Gasteiger partial charge in [0.05, 0.1) is 6.04 Å². The number of aromatic nitrogens is 2. The Balaban J connectivity index is 1.28. The van der Waals surface area contributed by atoms with Crippen LogP contribution >= 0.6 is 11.6 Å². The molecule has 0 saturated carbocycles. The SMILES string of the molecule is O=C1C2CC(c3ccc(F)cc3)NN2C=CN1Cc1nc(-c2ccc(Cl)cc2)no1. The molecular formula is C21H17ClFN5O2. The van der Waals surface area contributed by atoms with E-state index in [9.17, 15) is 9.18 Å². The van der Waals surface area contributed by atoms with Crippen molar-refractivity contribution in [3.8, 4) is 11.4 Å². The molecule has 2 aliphatic rings. The number of nitrogens with zero attached hydrogens (tertiary/aromatic N) is 4. The second-order valence-electron chi connectivity index (χ2n) is 7.17. The van der Waals surface area contributed by atoms with Crippen LogP contribution in [0.1, 0.15) is 23.9 Å². The first kappa shape index (κ1) is 18.8. The lowest BCUT2D eigenvalue weighted by molar-refractivity contribution is -0.135. The van der Waals surface area contributed by atoms with Gasteiger partial charge in [0.2, 0.25) is 11.7 Å². The van der Waals surface area contributed by atoms with Gasteiger partial charge in [-0.1, -0.05) is 28.9 Å². The van der Waals surface area contributed by atoms with Gasteiger partial charge in [0.1, 0.15) is 18.4 Å². The molecule has 5 rings (SSSR count). The average molecular weight is 426 g/mol. The van der Waals surface area contributed by atoms with E-state index in [0.29, 0.717) is 23.2 Å². The Bertz CT molecular complexity index is 1100. The summed E-state index contributed by atoms with van der Waals surface area (Å²) in [4.78, 5) is 18.9. The monoisotopic (exact) mass is 425 g/mol. The second kappa shape index (κ2) is 7.55. The molecule has 2 aliphatic heterocycles. The number of halogens is 2. The number of nitrogens with one attached hydrogen (secondary N) is 1. The lowest BCUT2D eigenvalue weighted by Crippen LogP contribution is -2.47. The molecule has 1 aromatic heterocycles. The first-order valence-electron chi connectivity index (χ1n) is 9.44. The van der Waals surface area contributed by atoms with Crippen molar-refractivity contribution in [3.05, 3.63) is 83.2 Å². The Morgan fingerprint density at radius 3 is 2.67 bits per heavy atom. The highest BCUT2D eigenvalue weighted by atomic mass is 35.5. The topological polar surface area (TPSA) is 74.5 Å². The molecule has 2 aromatic carbocycles. The molecule has 1 saturated heterocycles. The summed E-state index contributed by atoms with van der Waals surface area (Å²) in [5.74, 6) is 0.429. The molecular weight excluding hydrogens is 409 g/mol. The van der Waals surface area contributed by atoms with E-state index in [0.717, 1.165) is 11.1 Å². The number of benzene rings is 2. The molecule has 0 aliphatic carbocycles. The summed E-state index contributed by atoms with van der Waals surface area (Å²) < 4.78 is 18.5. The first-order valence-corrected chi connectivity index (χ1v) is 9.82. The third kappa shape index (κ3) is 3.55. The number of hydrazine groups is 1. The van der Waals surface area contributed by atoms with E-state index in [1.165, 1.54) is 12.1 Å². The van der Waals surface area contributed by atoms with Gasteiger partial charge in [0, 0.05) is 23.0 Å². The van der Waals surface area contributed by atoms with E-state index in [-0.39, 0.29) is 30.4 Å². The summed E-state index contributed by atoms with van der Waals surface area (Å²) in [7, 11) is 0. The fraction of sp³-hybridized carbons (Fsp3) is 0.190. The van der Waals surface area contributed by atoms with Crippen molar-refractivity contribution in [2.45, 2.75) is 25.0 Å². The standard InChI is InChI=1S/C21H17ClFN5O2/c22-15-5-1-14(2-6-15)20-24-19(30-26-20)12-27-9-10-28-18(21(27)29)11-17(25-28)13-3-7-16(23)8-4-13/h1-10,17-18,25H,11-12H2. The van der Waals surface area contributed by atoms with Crippen molar-refractivity contribution in [1.29, 1.82) is 0 Å². The van der Waals surface area contributed by atoms with Crippen LogP contribution in [0.15, 0.2) is 65.5 Å². The minimum absolute atomic E-state index is 0.0657. The summed E-state index contributed by atoms with van der Waals surface area (Å²) >= 11 is 5.91. The number of carbonyl (C=O) groups excluding carboxylic acids is 1. The molecule has 3 heterocycles. The first-order chi connectivity index (χ1) is 14.6. The number of rotatable bonds is 4. The fourth-order valence-electron chi connectivity index (χ4n) is 3.66. The van der Waals surface area contributed by atoms with Crippen LogP contribution in [-0.4, -0.2) is 32.0 Å². The lowest BCUT2D eigenvalue weighted by Gasteiger charge is -2.30. The van der Waals surface area contributed by atoms with E-state index in [1.807, 2.05) is 6.20 Å². The molecule has 2 unspecified atom stereocenters. The Labute approximate surface area is 176 Å². The maximum atomic E-state index is 13.2. The quantitative estimate of drug-likeness (QED) is 0.687. The highest BCUT2D eigenvalue weighted by Crippen LogP contribution is 2.31. The van der Waals surface area contributed by atoms with Crippen molar-refractivity contribution in [2.75, 3.05) is 0 Å². The van der Waals surface area contributed by atoms with Crippen molar-refractivity contribution < 1.29 is 13.7 Å². The van der Waals surface area contributed by atoms with E-state index in [1.54, 1.807) is 52.5 Å². The van der Waals surface area contributed by atoms with Crippen molar-refractivity contribution in [1.82, 2.24) is 25.5 Å². The summed E-state index contributed by atoms with van der Waals surface area (Å²) in [5, 5.41) is 6.40. The highest BCUT2D eigenvalue weighted by molar-refractivity contribution is 6.30. The van der Waals surface area contributed by atoms with Gasteiger partial charge in [0.15, 0.2) is 0 Å². The molecule has 30 heavy (non-hydrogen) atoms. The molecule has 7 nitrogen and oxygen atoms in total. The van der Waals surface area contributed by atoms with Gasteiger partial charge in [0.25, 0.3) is 5.91 Å². The van der Waals surface area contributed by atoms with Gasteiger partial charge in [-0.2, -0.15) is 4.98 Å². The predicted octanol–water partition coefficient (Wildman–Crippen LogP) is 3.66. The Morgan fingerprint density at radius 1 is 1.13 bits per heavy atom. The van der Waals surface area contributed by atoms with Crippen molar-refractivity contribution in [2.24, 2.45) is 0 Å². The van der Waals surface area contributed by atoms with Crippen LogP contribution in [0, 0.1) is 5.82 Å². The third-order valence-electron chi connectivity index (χ3n) is 5.22. The Kier molecular flexibility index (Phi) is 4.72. The predicted molar refractivity (Wildman–Crippen MR) is 107 cm³/mol. The van der Waals surface area contributed by atoms with E-state index >= 15 is 0 Å². The van der Waals surface area contributed by atoms with E-state index < -0.39 is 0 Å². The number of hydrogen-bond donors (Lipinski definition) is 1. The molecule has 9 heteroatoms. The molecule has 1 fully saturated rings. The van der Waals surface area contributed by atoms with Crippen molar-refractivity contribution in [3.63, 3.8) is 0 Å². The summed E-state index contributed by atoms with van der Waals surface area (Å²) in [6.45, 7) is 0.182. The number of amides is 1. The zero-order chi connectivity index (χ0) is 20.7. The Morgan fingerprint density at radius 2 is 1.90 bits per heavy atom. The zero-order valence-corrected chi connectivity index (χ0v) is 16.5. The van der Waals surface area contributed by atoms with Gasteiger partial charge in [-0.25, -0.2) is 9.82 Å². The minimum Gasteiger partial charge on any atom is -0.337 e. The van der Waals surface area contributed by atoms with E-state index in [4.69, 9.17) is 16.1 Å². The van der Waals surface area contributed by atoms with Crippen LogP contribution in [0.5, 0.6) is 0 Å². The second-order valence-corrected chi connectivity index (χ2v) is 7.61. The normalized spacial score (nSPS) is 20.7. The molecule has 1 N–H and O–H groups in total. The third-order valence-corrected chi connectivity index (χ3v) is 5.48. The van der Waals surface area contributed by atoms with Gasteiger partial charge >= 0.3 is 0 Å². The zero-order valence-electron chi connectivity index (χ0n) is 15.7. The number of fused-ring (bicyclic) bond motifs is 1. The van der Waals surface area contributed by atoms with Gasteiger partial charge in [-0.3, -0.25) is 4.79 Å². The molecule has 152 valence electrons. The fourth-order valence-corrected chi connectivity index (χ4v) is 3.79. The van der Waals surface area contributed by atoms with Crippen LogP contribution in [0.2, 0.25) is 5.02 Å². The lowest BCUT2D eigenvalue weighted by atomic mass is 10.0. The smallest absolute Gasteiger partial charge is 0.251 e. The number of hydrogen-bond acceptors (Lipinski definition) is 6. The Hall–Kier alpha value is -3.23. The molecule has 2 atom stereocenters. The van der Waals surface area contributed by atoms with Crippen LogP contribution in [0.4, 0.5) is 4.39 Å². The molecule has 1 amide bonds. The molecule has 0 radical (unpaired) electrons. The largest absolute Gasteiger partial charge is 0.337 e. The van der Waals surface area contributed by atoms with Crippen LogP contribution in [-0.2, 0) is 11.3 Å². The van der Waals surface area contributed by atoms with Crippen LogP contribution in [0.3, 0.4) is 0 Å². The molecule has 0 spiro atoms. The van der Waals surface area contributed by atoms with Gasteiger partial charge < -0.3 is 14.4 Å². The maximum Gasteiger partial charge on any atom is 0.251 e. The average Bonchev–Trinajstić information content (AvgIpc) is 3.39. The highest BCUT2D eigenvalue weighted by Gasteiger charge is 2.40.